The largest absolute Gasteiger partial charge is 0.492 e. The second kappa shape index (κ2) is 14.2. The molecule has 0 aliphatic carbocycles. The SMILES string of the molecule is CC(C)(C)c1cc(NC(=O)Nc2ccc(-c3cn4c(n3)sc3cc(OCCN5CCOCC5)ccc34)cc2)no1.CCS(=O)(=O)O. The van der Waals surface area contributed by atoms with Crippen molar-refractivity contribution < 1.29 is 31.8 Å². The minimum Gasteiger partial charge on any atom is -0.492 e. The van der Waals surface area contributed by atoms with Crippen molar-refractivity contribution in [3.63, 3.8) is 0 Å². The number of fused-ring (bicyclic) bond motifs is 3. The third-order valence-corrected chi connectivity index (χ3v) is 8.89. The number of rotatable bonds is 8. The van der Waals surface area contributed by atoms with Crippen molar-refractivity contribution in [3.8, 4) is 17.0 Å². The fraction of sp³-hybridized carbons (Fsp3) is 0.387. The zero-order valence-electron chi connectivity index (χ0n) is 26.1. The van der Waals surface area contributed by atoms with Gasteiger partial charge in [-0.3, -0.25) is 19.2 Å². The summed E-state index contributed by atoms with van der Waals surface area (Å²) in [5, 5.41) is 9.45. The second-order valence-electron chi connectivity index (χ2n) is 11.7. The number of amides is 2. The lowest BCUT2D eigenvalue weighted by Crippen LogP contribution is -2.38. The number of hydrogen-bond donors (Lipinski definition) is 3. The van der Waals surface area contributed by atoms with Gasteiger partial charge in [-0.2, -0.15) is 8.42 Å². The molecule has 3 aromatic heterocycles. The van der Waals surface area contributed by atoms with Crippen molar-refractivity contribution in [1.82, 2.24) is 19.4 Å². The third-order valence-electron chi connectivity index (χ3n) is 7.14. The maximum atomic E-state index is 12.4. The molecule has 3 N–H and O–H groups in total. The lowest BCUT2D eigenvalue weighted by Gasteiger charge is -2.26. The fourth-order valence-corrected chi connectivity index (χ4v) is 5.55. The van der Waals surface area contributed by atoms with Crippen LogP contribution in [0.4, 0.5) is 16.3 Å². The molecule has 2 amide bonds. The van der Waals surface area contributed by atoms with Crippen molar-refractivity contribution >= 4 is 54.2 Å². The Kier molecular flexibility index (Phi) is 10.3. The standard InChI is InChI=1S/C29H32N6O4S.C2H6O3S/c1-29(2,3)25-17-26(33-39-25)32-27(36)30-20-6-4-19(5-7-20)22-18-35-23-9-8-21(16-24(23)40-28(35)31-22)38-15-12-34-10-13-37-14-11-34;1-2-6(3,4)5/h4-9,16-18H,10-15H2,1-3H3,(H2,30,32,33,36);2H2,1H3,(H,3,4,5). The van der Waals surface area contributed by atoms with Gasteiger partial charge in [-0.15, -0.1) is 0 Å². The molecule has 1 saturated heterocycles. The normalized spacial score (nSPS) is 14.2. The number of urea groups is 1. The number of nitrogens with zero attached hydrogens (tertiary/aromatic N) is 4. The Hall–Kier alpha value is -4.02. The van der Waals surface area contributed by atoms with E-state index in [1.165, 1.54) is 6.92 Å². The number of thiazole rings is 1. The molecular formula is C31H38N6O7S2. The Balaban J connectivity index is 0.000000635. The number of benzene rings is 2. The molecule has 1 aliphatic rings. The number of carbonyl (C=O) groups is 1. The smallest absolute Gasteiger partial charge is 0.324 e. The summed E-state index contributed by atoms with van der Waals surface area (Å²) in [6.07, 6.45) is 2.04. The highest BCUT2D eigenvalue weighted by Gasteiger charge is 2.20. The summed E-state index contributed by atoms with van der Waals surface area (Å²) in [5.41, 5.74) is 3.40. The summed E-state index contributed by atoms with van der Waals surface area (Å²) >= 11 is 1.63. The molecule has 0 unspecified atom stereocenters. The van der Waals surface area contributed by atoms with E-state index < -0.39 is 10.1 Å². The summed E-state index contributed by atoms with van der Waals surface area (Å²) < 4.78 is 46.9. The van der Waals surface area contributed by atoms with Crippen molar-refractivity contribution in [1.29, 1.82) is 0 Å². The van der Waals surface area contributed by atoms with E-state index in [2.05, 4.69) is 37.2 Å². The summed E-state index contributed by atoms with van der Waals surface area (Å²) in [5.74, 6) is 1.74. The van der Waals surface area contributed by atoms with Gasteiger partial charge < -0.3 is 19.3 Å². The maximum absolute atomic E-state index is 12.4. The van der Waals surface area contributed by atoms with Crippen LogP contribution < -0.4 is 15.4 Å². The summed E-state index contributed by atoms with van der Waals surface area (Å²) in [6, 6.07) is 15.1. The number of morpholine rings is 1. The lowest BCUT2D eigenvalue weighted by molar-refractivity contribution is 0.0322. The molecule has 15 heteroatoms. The first kappa shape index (κ1) is 33.3. The highest BCUT2D eigenvalue weighted by atomic mass is 32.2. The molecule has 0 radical (unpaired) electrons. The van der Waals surface area contributed by atoms with Crippen LogP contribution in [0.1, 0.15) is 33.5 Å². The van der Waals surface area contributed by atoms with Gasteiger partial charge in [-0.25, -0.2) is 9.78 Å². The molecule has 0 atom stereocenters. The van der Waals surface area contributed by atoms with E-state index in [1.807, 2.05) is 57.3 Å². The van der Waals surface area contributed by atoms with Crippen molar-refractivity contribution in [2.24, 2.45) is 0 Å². The minimum atomic E-state index is -3.66. The Bertz CT molecular complexity index is 1890. The zero-order chi connectivity index (χ0) is 32.9. The molecule has 46 heavy (non-hydrogen) atoms. The van der Waals surface area contributed by atoms with Crippen molar-refractivity contribution in [3.05, 3.63) is 60.5 Å². The Morgan fingerprint density at radius 1 is 1.09 bits per heavy atom. The number of hydrogen-bond acceptors (Lipinski definition) is 10. The summed E-state index contributed by atoms with van der Waals surface area (Å²) in [7, 11) is -3.66. The van der Waals surface area contributed by atoms with Crippen LogP contribution in [-0.2, 0) is 20.3 Å². The van der Waals surface area contributed by atoms with Crippen LogP contribution in [0.3, 0.4) is 0 Å². The Labute approximate surface area is 271 Å². The van der Waals surface area contributed by atoms with Gasteiger partial charge >= 0.3 is 6.03 Å². The average Bonchev–Trinajstić information content (AvgIpc) is 3.73. The average molecular weight is 671 g/mol. The number of carbonyl (C=O) groups excluding carboxylic acids is 1. The van der Waals surface area contributed by atoms with Crippen LogP contribution in [0.15, 0.2) is 59.3 Å². The van der Waals surface area contributed by atoms with E-state index in [0.29, 0.717) is 23.9 Å². The molecule has 5 aromatic rings. The van der Waals surface area contributed by atoms with Gasteiger partial charge in [0.25, 0.3) is 10.1 Å². The maximum Gasteiger partial charge on any atom is 0.324 e. The Morgan fingerprint density at radius 3 is 2.46 bits per heavy atom. The molecule has 1 fully saturated rings. The minimum absolute atomic E-state index is 0.187. The second-order valence-corrected chi connectivity index (χ2v) is 14.4. The number of anilines is 2. The van der Waals surface area contributed by atoms with Gasteiger partial charge in [0.15, 0.2) is 10.8 Å². The monoisotopic (exact) mass is 670 g/mol. The van der Waals surface area contributed by atoms with Crippen LogP contribution in [0, 0.1) is 0 Å². The first-order valence-electron chi connectivity index (χ1n) is 14.8. The van der Waals surface area contributed by atoms with Gasteiger partial charge in [-0.1, -0.05) is 49.4 Å². The molecule has 13 nitrogen and oxygen atoms in total. The van der Waals surface area contributed by atoms with Gasteiger partial charge in [0.2, 0.25) is 0 Å². The first-order valence-corrected chi connectivity index (χ1v) is 17.3. The molecule has 6 rings (SSSR count). The van der Waals surface area contributed by atoms with Crippen molar-refractivity contribution in [2.75, 3.05) is 55.8 Å². The highest BCUT2D eigenvalue weighted by molar-refractivity contribution is 7.85. The quantitative estimate of drug-likeness (QED) is 0.173. The van der Waals surface area contributed by atoms with Crippen LogP contribution in [-0.4, -0.2) is 83.7 Å². The predicted molar refractivity (Wildman–Crippen MR) is 179 cm³/mol. The molecule has 246 valence electrons. The Morgan fingerprint density at radius 2 is 1.80 bits per heavy atom. The summed E-state index contributed by atoms with van der Waals surface area (Å²) in [6.45, 7) is 12.5. The van der Waals surface area contributed by atoms with E-state index in [0.717, 1.165) is 65.0 Å². The van der Waals surface area contributed by atoms with Gasteiger partial charge in [0.1, 0.15) is 18.1 Å². The van der Waals surface area contributed by atoms with Gasteiger partial charge in [0, 0.05) is 48.6 Å². The molecule has 0 bridgehead atoms. The number of nitrogens with one attached hydrogen (secondary N) is 2. The van der Waals surface area contributed by atoms with E-state index in [4.69, 9.17) is 23.5 Å². The molecule has 0 spiro atoms. The number of imidazole rings is 1. The van der Waals surface area contributed by atoms with Crippen LogP contribution in [0.25, 0.3) is 26.4 Å². The molecule has 2 aromatic carbocycles. The topological polar surface area (TPSA) is 161 Å². The van der Waals surface area contributed by atoms with Crippen molar-refractivity contribution in [2.45, 2.75) is 33.1 Å². The number of ether oxygens (including phenoxy) is 2. The van der Waals surface area contributed by atoms with Crippen LogP contribution >= 0.6 is 11.3 Å². The lowest BCUT2D eigenvalue weighted by atomic mass is 9.93. The van der Waals surface area contributed by atoms with E-state index in [9.17, 15) is 13.2 Å². The van der Waals surface area contributed by atoms with E-state index in [1.54, 1.807) is 17.4 Å². The van der Waals surface area contributed by atoms with E-state index >= 15 is 0 Å². The fourth-order valence-electron chi connectivity index (χ4n) is 4.52. The van der Waals surface area contributed by atoms with Gasteiger partial charge in [-0.05, 0) is 37.3 Å². The van der Waals surface area contributed by atoms with Crippen LogP contribution in [0.5, 0.6) is 5.75 Å². The zero-order valence-corrected chi connectivity index (χ0v) is 27.8. The molecular weight excluding hydrogens is 633 g/mol. The third kappa shape index (κ3) is 8.82. The van der Waals surface area contributed by atoms with E-state index in [-0.39, 0.29) is 17.2 Å². The number of aromatic nitrogens is 3. The molecule has 0 saturated carbocycles. The van der Waals surface area contributed by atoms with Crippen LogP contribution in [0.2, 0.25) is 0 Å². The highest BCUT2D eigenvalue weighted by Crippen LogP contribution is 2.32. The van der Waals surface area contributed by atoms with Gasteiger partial charge in [0.05, 0.1) is 34.9 Å². The predicted octanol–water partition coefficient (Wildman–Crippen LogP) is 5.75. The molecule has 1 aliphatic heterocycles. The first-order chi connectivity index (χ1) is 21.9. The molecule has 4 heterocycles. The summed E-state index contributed by atoms with van der Waals surface area (Å²) in [4.78, 5) is 20.5.